The van der Waals surface area contributed by atoms with Gasteiger partial charge < -0.3 is 0 Å². The second kappa shape index (κ2) is 9.91. The van der Waals surface area contributed by atoms with E-state index in [1.807, 2.05) is 30.6 Å². The van der Waals surface area contributed by atoms with Gasteiger partial charge in [-0.2, -0.15) is 4.37 Å². The van der Waals surface area contributed by atoms with E-state index in [-0.39, 0.29) is 12.1 Å². The van der Waals surface area contributed by atoms with Crippen LogP contribution in [0, 0.1) is 11.8 Å². The zero-order valence-corrected chi connectivity index (χ0v) is 18.2. The molecule has 5 nitrogen and oxygen atoms in total. The number of hydrogen-bond donors (Lipinski definition) is 0. The summed E-state index contributed by atoms with van der Waals surface area (Å²) in [5.41, 5.74) is 3.51. The van der Waals surface area contributed by atoms with Crippen LogP contribution in [0.15, 0.2) is 12.2 Å². The van der Waals surface area contributed by atoms with Crippen LogP contribution >= 0.6 is 11.5 Å². The highest BCUT2D eigenvalue weighted by molar-refractivity contribution is 7.10. The topological polar surface area (TPSA) is 39.7 Å². The van der Waals surface area contributed by atoms with Crippen LogP contribution in [0.1, 0.15) is 58.7 Å². The van der Waals surface area contributed by atoms with Crippen LogP contribution in [-0.2, 0) is 12.8 Å². The van der Waals surface area contributed by atoms with Crippen molar-refractivity contribution in [2.45, 2.75) is 66.3 Å². The van der Waals surface area contributed by atoms with Gasteiger partial charge in [0.05, 0.1) is 25.1 Å². The van der Waals surface area contributed by atoms with Crippen LogP contribution in [0.25, 0.3) is 0 Å². The lowest BCUT2D eigenvalue weighted by molar-refractivity contribution is 0.107. The number of carbonyl (C=O) groups excluding carboxylic acids is 1. The highest BCUT2D eigenvalue weighted by atomic mass is 32.1. The van der Waals surface area contributed by atoms with Gasteiger partial charge in [0.25, 0.3) is 0 Å². The fourth-order valence-electron chi connectivity index (χ4n) is 3.29. The van der Waals surface area contributed by atoms with Crippen LogP contribution in [0.3, 0.4) is 0 Å². The number of aromatic nitrogens is 1. The van der Waals surface area contributed by atoms with Crippen molar-refractivity contribution in [1.29, 1.82) is 0 Å². The van der Waals surface area contributed by atoms with Crippen molar-refractivity contribution in [2.75, 3.05) is 24.8 Å². The lowest BCUT2D eigenvalue weighted by Crippen LogP contribution is -2.60. The molecule has 1 aromatic rings. The van der Waals surface area contributed by atoms with Gasteiger partial charge in [-0.1, -0.05) is 31.8 Å². The summed E-state index contributed by atoms with van der Waals surface area (Å²) >= 11 is 1.45. The quantitative estimate of drug-likeness (QED) is 0.486. The van der Waals surface area contributed by atoms with Crippen LogP contribution < -0.4 is 4.90 Å². The maximum atomic E-state index is 13.3. The number of rotatable bonds is 8. The van der Waals surface area contributed by atoms with Crippen LogP contribution in [0.4, 0.5) is 9.80 Å². The van der Waals surface area contributed by atoms with Crippen molar-refractivity contribution in [3.05, 3.63) is 23.4 Å². The molecule has 0 aromatic carbocycles. The Bertz CT molecular complexity index is 730. The Morgan fingerprint density at radius 3 is 2.70 bits per heavy atom. The molecule has 6 heteroatoms. The molecule has 1 unspecified atom stereocenters. The van der Waals surface area contributed by atoms with Gasteiger partial charge in [0, 0.05) is 12.1 Å². The summed E-state index contributed by atoms with van der Waals surface area (Å²) in [5, 5.41) is 0.993. The zero-order chi connectivity index (χ0) is 20.0. The standard InChI is InChI=1S/C21H32N4OS/c1-7-10-17(6)24-14-23(13-12-16(4)5)15-25(21(24)26)20-18(9-3)19(11-8-2)22-27-20/h17H,4,8-9,11-15H2,1-3,5-6H3. The molecule has 0 saturated carbocycles. The number of amides is 2. The monoisotopic (exact) mass is 388 g/mol. The molecule has 2 rings (SSSR count). The lowest BCUT2D eigenvalue weighted by Gasteiger charge is -2.43. The number of carbonyl (C=O) groups is 1. The van der Waals surface area contributed by atoms with Gasteiger partial charge in [-0.05, 0) is 51.6 Å². The first-order valence-electron chi connectivity index (χ1n) is 9.77. The summed E-state index contributed by atoms with van der Waals surface area (Å²) in [6, 6.07) is -0.0936. The summed E-state index contributed by atoms with van der Waals surface area (Å²) in [6.45, 7) is 16.2. The molecule has 2 heterocycles. The smallest absolute Gasteiger partial charge is 0.298 e. The molecule has 1 atom stereocenters. The number of urea groups is 1. The number of nitrogens with zero attached hydrogens (tertiary/aromatic N) is 4. The predicted octanol–water partition coefficient (Wildman–Crippen LogP) is 4.50. The summed E-state index contributed by atoms with van der Waals surface area (Å²) in [6.07, 6.45) is 3.84. The van der Waals surface area contributed by atoms with Crippen LogP contribution in [0.2, 0.25) is 0 Å². The highest BCUT2D eigenvalue weighted by Crippen LogP contribution is 2.33. The molecule has 0 spiro atoms. The SMILES string of the molecule is C=C(C)CCN1CN(c2snc(CCC)c2CC)C(=O)N(C(C)C#CC)C1. The average Bonchev–Trinajstić information content (AvgIpc) is 3.03. The van der Waals surface area contributed by atoms with E-state index in [1.54, 1.807) is 0 Å². The van der Waals surface area contributed by atoms with Gasteiger partial charge in [-0.15, -0.1) is 12.5 Å². The van der Waals surface area contributed by atoms with Gasteiger partial charge in [0.1, 0.15) is 5.00 Å². The fraction of sp³-hybridized carbons (Fsp3) is 0.619. The summed E-state index contributed by atoms with van der Waals surface area (Å²) < 4.78 is 4.66. The van der Waals surface area contributed by atoms with Gasteiger partial charge in [0.15, 0.2) is 0 Å². The zero-order valence-electron chi connectivity index (χ0n) is 17.3. The average molecular weight is 389 g/mol. The van der Waals surface area contributed by atoms with Crippen molar-refractivity contribution >= 4 is 22.6 Å². The number of aryl methyl sites for hydroxylation is 1. The molecule has 0 N–H and O–H groups in total. The van der Waals surface area contributed by atoms with Crippen molar-refractivity contribution in [3.8, 4) is 11.8 Å². The van der Waals surface area contributed by atoms with E-state index in [2.05, 4.69) is 41.5 Å². The second-order valence-electron chi connectivity index (χ2n) is 7.15. The highest BCUT2D eigenvalue weighted by Gasteiger charge is 2.35. The van der Waals surface area contributed by atoms with E-state index in [0.29, 0.717) is 13.3 Å². The van der Waals surface area contributed by atoms with Gasteiger partial charge >= 0.3 is 6.03 Å². The minimum absolute atomic E-state index is 0.0261. The van der Waals surface area contributed by atoms with Gasteiger partial charge in [-0.25, -0.2) is 4.79 Å². The normalized spacial score (nSPS) is 16.3. The van der Waals surface area contributed by atoms with E-state index in [1.165, 1.54) is 17.1 Å². The Balaban J connectivity index is 2.35. The molecular formula is C21H32N4OS. The minimum atomic E-state index is -0.120. The molecule has 1 saturated heterocycles. The van der Waals surface area contributed by atoms with E-state index in [0.717, 1.165) is 48.5 Å². The van der Waals surface area contributed by atoms with E-state index < -0.39 is 0 Å². The Morgan fingerprint density at radius 2 is 2.11 bits per heavy atom. The third-order valence-electron chi connectivity index (χ3n) is 4.78. The van der Waals surface area contributed by atoms with Crippen LogP contribution in [-0.4, -0.2) is 46.1 Å². The third kappa shape index (κ3) is 5.12. The predicted molar refractivity (Wildman–Crippen MR) is 114 cm³/mol. The molecule has 148 valence electrons. The molecule has 0 radical (unpaired) electrons. The molecule has 0 aliphatic carbocycles. The molecule has 2 amide bonds. The molecule has 1 aromatic heterocycles. The Labute approximate surface area is 168 Å². The third-order valence-corrected chi connectivity index (χ3v) is 5.73. The van der Waals surface area contributed by atoms with Crippen LogP contribution in [0.5, 0.6) is 0 Å². The minimum Gasteiger partial charge on any atom is -0.298 e. The van der Waals surface area contributed by atoms with Crippen molar-refractivity contribution < 1.29 is 4.79 Å². The van der Waals surface area contributed by atoms with Crippen molar-refractivity contribution in [1.82, 2.24) is 14.2 Å². The first kappa shape index (κ1) is 21.5. The molecule has 1 aliphatic rings. The number of hydrogen-bond acceptors (Lipinski definition) is 4. The van der Waals surface area contributed by atoms with E-state index >= 15 is 0 Å². The second-order valence-corrected chi connectivity index (χ2v) is 7.90. The lowest BCUT2D eigenvalue weighted by atomic mass is 10.1. The Morgan fingerprint density at radius 1 is 1.37 bits per heavy atom. The fourth-order valence-corrected chi connectivity index (χ4v) is 4.29. The Kier molecular flexibility index (Phi) is 7.88. The molecule has 1 fully saturated rings. The molecule has 0 bridgehead atoms. The summed E-state index contributed by atoms with van der Waals surface area (Å²) in [5.74, 6) is 6.07. The van der Waals surface area contributed by atoms with E-state index in [4.69, 9.17) is 0 Å². The van der Waals surface area contributed by atoms with Gasteiger partial charge in [-0.3, -0.25) is 14.7 Å². The molecule has 27 heavy (non-hydrogen) atoms. The maximum absolute atomic E-state index is 13.3. The summed E-state index contributed by atoms with van der Waals surface area (Å²) in [4.78, 5) is 19.3. The van der Waals surface area contributed by atoms with Crippen molar-refractivity contribution in [2.24, 2.45) is 0 Å². The summed E-state index contributed by atoms with van der Waals surface area (Å²) in [7, 11) is 0. The first-order chi connectivity index (χ1) is 12.9. The molecule has 1 aliphatic heterocycles. The first-order valence-corrected chi connectivity index (χ1v) is 10.5. The Hall–Kier alpha value is -1.84. The van der Waals surface area contributed by atoms with Crippen molar-refractivity contribution in [3.63, 3.8) is 0 Å². The largest absolute Gasteiger partial charge is 0.328 e. The number of anilines is 1. The van der Waals surface area contributed by atoms with E-state index in [9.17, 15) is 4.79 Å². The maximum Gasteiger partial charge on any atom is 0.328 e. The molecular weight excluding hydrogens is 356 g/mol. The van der Waals surface area contributed by atoms with Gasteiger partial charge in [0.2, 0.25) is 0 Å².